The van der Waals surface area contributed by atoms with Gasteiger partial charge in [-0.1, -0.05) is 42.5 Å². The molecular weight excluding hydrogens is 450 g/mol. The van der Waals surface area contributed by atoms with Gasteiger partial charge in [0.25, 0.3) is 0 Å². The van der Waals surface area contributed by atoms with Crippen LogP contribution in [-0.4, -0.2) is 54.6 Å². The quantitative estimate of drug-likeness (QED) is 0.296. The molecule has 0 saturated carbocycles. The summed E-state index contributed by atoms with van der Waals surface area (Å²) >= 11 is 3.44. The van der Waals surface area contributed by atoms with E-state index in [0.717, 1.165) is 5.75 Å². The number of nitrogens with one attached hydrogen (secondary N) is 1. The van der Waals surface area contributed by atoms with Crippen molar-refractivity contribution in [1.29, 1.82) is 0 Å². The zero-order valence-corrected chi connectivity index (χ0v) is 20.8. The van der Waals surface area contributed by atoms with Crippen molar-refractivity contribution in [3.05, 3.63) is 90.0 Å². The maximum absolute atomic E-state index is 10.5. The Labute approximate surface area is 205 Å². The summed E-state index contributed by atoms with van der Waals surface area (Å²) in [7, 11) is 0. The molecule has 33 heavy (non-hydrogen) atoms. The predicted molar refractivity (Wildman–Crippen MR) is 140 cm³/mol. The molecule has 3 aromatic rings. The van der Waals surface area contributed by atoms with E-state index in [1.807, 2.05) is 30.3 Å². The second-order valence-electron chi connectivity index (χ2n) is 7.83. The molecule has 6 heteroatoms. The standard InChI is InChI=1S/C27H33NO3S2/c1-32-24-12-8-20(9-13-24)27(21-10-14-25(33-2)15-11-21)26(16-17-29)28-18-22(30)19-31-23-6-4-3-5-7-23/h3-15,22,26-30H,16-19H2,1-2H3/t22-,26?/m1/s1. The molecule has 0 saturated heterocycles. The van der Waals surface area contributed by atoms with Gasteiger partial charge in [-0.05, 0) is 66.5 Å². The van der Waals surface area contributed by atoms with Crippen LogP contribution >= 0.6 is 23.5 Å². The van der Waals surface area contributed by atoms with Crippen LogP contribution in [0.3, 0.4) is 0 Å². The highest BCUT2D eigenvalue weighted by Gasteiger charge is 2.25. The highest BCUT2D eigenvalue weighted by molar-refractivity contribution is 7.98. The molecule has 3 aromatic carbocycles. The van der Waals surface area contributed by atoms with E-state index in [2.05, 4.69) is 66.4 Å². The van der Waals surface area contributed by atoms with Gasteiger partial charge in [0.05, 0.1) is 0 Å². The van der Waals surface area contributed by atoms with Crippen LogP contribution in [0.25, 0.3) is 0 Å². The minimum absolute atomic E-state index is 0.0402. The van der Waals surface area contributed by atoms with Crippen molar-refractivity contribution in [2.75, 3.05) is 32.3 Å². The Morgan fingerprint density at radius 1 is 0.818 bits per heavy atom. The van der Waals surface area contributed by atoms with Crippen LogP contribution in [0.15, 0.2) is 88.7 Å². The average Bonchev–Trinajstić information content (AvgIpc) is 2.87. The topological polar surface area (TPSA) is 61.7 Å². The zero-order chi connectivity index (χ0) is 23.5. The molecule has 3 N–H and O–H groups in total. The highest BCUT2D eigenvalue weighted by atomic mass is 32.2. The summed E-state index contributed by atoms with van der Waals surface area (Å²) in [6.45, 7) is 0.648. The van der Waals surface area contributed by atoms with Crippen molar-refractivity contribution in [2.24, 2.45) is 0 Å². The van der Waals surface area contributed by atoms with Crippen LogP contribution in [0.1, 0.15) is 23.5 Å². The Morgan fingerprint density at radius 2 is 1.36 bits per heavy atom. The Kier molecular flexibility index (Phi) is 10.6. The molecule has 176 valence electrons. The SMILES string of the molecule is CSc1ccc(C(c2ccc(SC)cc2)C(CCO)NC[C@@H](O)COc2ccccc2)cc1. The predicted octanol–water partition coefficient (Wildman–Crippen LogP) is 5.04. The molecule has 0 fully saturated rings. The fourth-order valence-electron chi connectivity index (χ4n) is 3.86. The number of para-hydroxylation sites is 1. The summed E-state index contributed by atoms with van der Waals surface area (Å²) in [5, 5.41) is 23.9. The first-order valence-electron chi connectivity index (χ1n) is 11.1. The van der Waals surface area contributed by atoms with E-state index in [-0.39, 0.29) is 25.2 Å². The minimum atomic E-state index is -0.662. The molecule has 2 atom stereocenters. The third-order valence-electron chi connectivity index (χ3n) is 5.59. The molecule has 3 rings (SSSR count). The largest absolute Gasteiger partial charge is 0.491 e. The molecule has 0 bridgehead atoms. The van der Waals surface area contributed by atoms with Crippen LogP contribution in [-0.2, 0) is 0 Å². The summed E-state index contributed by atoms with van der Waals surface area (Å²) in [4.78, 5) is 2.44. The van der Waals surface area contributed by atoms with Gasteiger partial charge in [-0.2, -0.15) is 0 Å². The van der Waals surface area contributed by atoms with E-state index in [4.69, 9.17) is 4.74 Å². The first-order valence-corrected chi connectivity index (χ1v) is 13.6. The van der Waals surface area contributed by atoms with Gasteiger partial charge in [-0.3, -0.25) is 0 Å². The van der Waals surface area contributed by atoms with Gasteiger partial charge in [0, 0.05) is 34.9 Å². The van der Waals surface area contributed by atoms with Gasteiger partial charge in [-0.25, -0.2) is 0 Å². The lowest BCUT2D eigenvalue weighted by Gasteiger charge is -2.30. The molecule has 4 nitrogen and oxygen atoms in total. The van der Waals surface area contributed by atoms with Gasteiger partial charge >= 0.3 is 0 Å². The first kappa shape index (κ1) is 25.7. The number of ether oxygens (including phenoxy) is 1. The Hall–Kier alpha value is -1.96. The third kappa shape index (κ3) is 7.80. The summed E-state index contributed by atoms with van der Waals surface area (Å²) in [6.07, 6.45) is 4.06. The van der Waals surface area contributed by atoms with Crippen molar-refractivity contribution < 1.29 is 14.9 Å². The smallest absolute Gasteiger partial charge is 0.119 e. The average molecular weight is 484 g/mol. The molecule has 0 aliphatic rings. The summed E-state index contributed by atoms with van der Waals surface area (Å²) in [5.74, 6) is 0.787. The van der Waals surface area contributed by atoms with E-state index >= 15 is 0 Å². The van der Waals surface area contributed by atoms with Crippen molar-refractivity contribution in [1.82, 2.24) is 5.32 Å². The molecular formula is C27H33NO3S2. The maximum atomic E-state index is 10.5. The number of thioether (sulfide) groups is 2. The van der Waals surface area contributed by atoms with Gasteiger partial charge in [0.1, 0.15) is 18.5 Å². The summed E-state index contributed by atoms with van der Waals surface area (Å²) in [6, 6.07) is 26.7. The monoisotopic (exact) mass is 483 g/mol. The summed E-state index contributed by atoms with van der Waals surface area (Å²) < 4.78 is 5.70. The molecule has 1 unspecified atom stereocenters. The zero-order valence-electron chi connectivity index (χ0n) is 19.2. The first-order chi connectivity index (χ1) is 16.1. The Balaban J connectivity index is 1.76. The molecule has 0 spiro atoms. The molecule has 0 amide bonds. The number of hydrogen-bond acceptors (Lipinski definition) is 6. The minimum Gasteiger partial charge on any atom is -0.491 e. The molecule has 0 radical (unpaired) electrons. The van der Waals surface area contributed by atoms with Gasteiger partial charge in [-0.15, -0.1) is 23.5 Å². The van der Waals surface area contributed by atoms with Crippen LogP contribution < -0.4 is 10.1 Å². The van der Waals surface area contributed by atoms with Gasteiger partial charge < -0.3 is 20.3 Å². The molecule has 0 aromatic heterocycles. The molecule has 0 aliphatic heterocycles. The second-order valence-corrected chi connectivity index (χ2v) is 9.59. The maximum Gasteiger partial charge on any atom is 0.119 e. The number of aliphatic hydroxyl groups is 2. The van der Waals surface area contributed by atoms with E-state index in [0.29, 0.717) is 13.0 Å². The van der Waals surface area contributed by atoms with Crippen molar-refractivity contribution >= 4 is 23.5 Å². The van der Waals surface area contributed by atoms with Crippen molar-refractivity contribution in [2.45, 2.75) is 34.3 Å². The van der Waals surface area contributed by atoms with Crippen LogP contribution in [0.4, 0.5) is 0 Å². The Morgan fingerprint density at radius 3 is 1.85 bits per heavy atom. The summed E-state index contributed by atoms with van der Waals surface area (Å²) in [5.41, 5.74) is 2.37. The number of hydrogen-bond donors (Lipinski definition) is 3. The fourth-order valence-corrected chi connectivity index (χ4v) is 4.68. The van der Waals surface area contributed by atoms with E-state index in [9.17, 15) is 10.2 Å². The molecule has 0 aliphatic carbocycles. The van der Waals surface area contributed by atoms with Crippen LogP contribution in [0.2, 0.25) is 0 Å². The lowest BCUT2D eigenvalue weighted by molar-refractivity contribution is 0.101. The van der Waals surface area contributed by atoms with E-state index in [1.165, 1.54) is 20.9 Å². The molecule has 0 heterocycles. The normalized spacial score (nSPS) is 13.1. The Bertz CT molecular complexity index is 888. The van der Waals surface area contributed by atoms with Crippen LogP contribution in [0, 0.1) is 0 Å². The van der Waals surface area contributed by atoms with E-state index < -0.39 is 6.10 Å². The lowest BCUT2D eigenvalue weighted by Crippen LogP contribution is -2.42. The second kappa shape index (κ2) is 13.7. The highest BCUT2D eigenvalue weighted by Crippen LogP contribution is 2.32. The van der Waals surface area contributed by atoms with Crippen LogP contribution in [0.5, 0.6) is 5.75 Å². The van der Waals surface area contributed by atoms with Gasteiger partial charge in [0.15, 0.2) is 0 Å². The van der Waals surface area contributed by atoms with Crippen molar-refractivity contribution in [3.63, 3.8) is 0 Å². The lowest BCUT2D eigenvalue weighted by atomic mass is 9.83. The number of benzene rings is 3. The number of rotatable bonds is 13. The fraction of sp³-hybridized carbons (Fsp3) is 0.333. The van der Waals surface area contributed by atoms with Crippen molar-refractivity contribution in [3.8, 4) is 5.75 Å². The van der Waals surface area contributed by atoms with Gasteiger partial charge in [0.2, 0.25) is 0 Å². The van der Waals surface area contributed by atoms with E-state index in [1.54, 1.807) is 23.5 Å². The number of aliphatic hydroxyl groups excluding tert-OH is 2. The third-order valence-corrected chi connectivity index (χ3v) is 7.08.